The summed E-state index contributed by atoms with van der Waals surface area (Å²) in [5.74, 6) is 0. The third-order valence-electron chi connectivity index (χ3n) is 2.31. The molecule has 0 amide bonds. The molecule has 0 spiro atoms. The highest BCUT2D eigenvalue weighted by Gasteiger charge is 2.22. The Balaban J connectivity index is 2.36. The maximum absolute atomic E-state index is 12.2. The molecule has 2 aromatic rings. The summed E-state index contributed by atoms with van der Waals surface area (Å²) in [5.41, 5.74) is 1.25. The van der Waals surface area contributed by atoms with Crippen molar-refractivity contribution in [3.63, 3.8) is 0 Å². The first-order valence-electron chi connectivity index (χ1n) is 5.06. The van der Waals surface area contributed by atoms with Gasteiger partial charge in [-0.25, -0.2) is 13.4 Å². The Bertz CT molecular complexity index is 644. The molecule has 0 aromatic carbocycles. The van der Waals surface area contributed by atoms with Gasteiger partial charge < -0.3 is 0 Å². The number of sulfonamides is 1. The molecule has 2 N–H and O–H groups in total. The molecule has 0 saturated heterocycles. The molecular weight excluding hydrogens is 276 g/mol. The Morgan fingerprint density at radius 3 is 2.56 bits per heavy atom. The average Bonchev–Trinajstić information content (AvgIpc) is 2.62. The van der Waals surface area contributed by atoms with Crippen molar-refractivity contribution in [2.24, 2.45) is 0 Å². The van der Waals surface area contributed by atoms with Crippen LogP contribution in [0.25, 0.3) is 0 Å². The van der Waals surface area contributed by atoms with Gasteiger partial charge in [-0.2, -0.15) is 5.10 Å². The largest absolute Gasteiger partial charge is 0.281 e. The van der Waals surface area contributed by atoms with Crippen LogP contribution in [-0.4, -0.2) is 23.6 Å². The fraction of sp³-hybridized carbons (Fsp3) is 0.200. The fourth-order valence-corrected chi connectivity index (χ4v) is 3.11. The van der Waals surface area contributed by atoms with E-state index in [1.807, 2.05) is 0 Å². The lowest BCUT2D eigenvalue weighted by atomic mass is 10.4. The molecule has 2 heterocycles. The molecule has 0 fully saturated rings. The molecule has 0 aliphatic rings. The number of aromatic nitrogens is 3. The summed E-state index contributed by atoms with van der Waals surface area (Å²) in [6.45, 7) is 3.27. The first kappa shape index (κ1) is 12.8. The lowest BCUT2D eigenvalue weighted by molar-refractivity contribution is 0.600. The number of anilines is 1. The van der Waals surface area contributed by atoms with Crippen molar-refractivity contribution in [3.8, 4) is 0 Å². The molecule has 0 aliphatic heterocycles. The number of hydrogen-bond donors (Lipinski definition) is 2. The second kappa shape index (κ2) is 4.58. The van der Waals surface area contributed by atoms with Gasteiger partial charge >= 0.3 is 0 Å². The minimum Gasteiger partial charge on any atom is -0.281 e. The number of halogens is 1. The van der Waals surface area contributed by atoms with E-state index in [0.717, 1.165) is 0 Å². The smallest absolute Gasteiger partial charge is 0.265 e. The molecular formula is C10H11ClN4O2S. The van der Waals surface area contributed by atoms with Crippen LogP contribution in [0.3, 0.4) is 0 Å². The molecule has 18 heavy (non-hydrogen) atoms. The molecule has 0 saturated carbocycles. The standard InChI is InChI=1S/C10H11ClN4O2S/c1-6-10(7(2)14-13-6)18(16,17)15-8-3-4-9(11)12-5-8/h3-5,15H,1-2H3,(H,13,14). The minimum atomic E-state index is -3.67. The molecule has 0 bridgehead atoms. The van der Waals surface area contributed by atoms with Crippen LogP contribution >= 0.6 is 11.6 Å². The second-order valence-electron chi connectivity index (χ2n) is 3.74. The van der Waals surface area contributed by atoms with Crippen molar-refractivity contribution in [2.75, 3.05) is 4.72 Å². The normalized spacial score (nSPS) is 11.5. The van der Waals surface area contributed by atoms with Gasteiger partial charge in [-0.15, -0.1) is 0 Å². The van der Waals surface area contributed by atoms with Crippen LogP contribution in [0.5, 0.6) is 0 Å². The lowest BCUT2D eigenvalue weighted by Crippen LogP contribution is -2.14. The summed E-state index contributed by atoms with van der Waals surface area (Å²) < 4.78 is 26.7. The summed E-state index contributed by atoms with van der Waals surface area (Å²) >= 11 is 5.63. The van der Waals surface area contributed by atoms with Crippen LogP contribution in [0.2, 0.25) is 5.15 Å². The summed E-state index contributed by atoms with van der Waals surface area (Å²) in [5, 5.41) is 6.79. The van der Waals surface area contributed by atoms with Crippen LogP contribution in [0.15, 0.2) is 23.2 Å². The number of H-pyrrole nitrogens is 1. The summed E-state index contributed by atoms with van der Waals surface area (Å²) in [4.78, 5) is 3.95. The Hall–Kier alpha value is -1.60. The Morgan fingerprint density at radius 2 is 2.06 bits per heavy atom. The van der Waals surface area contributed by atoms with E-state index in [0.29, 0.717) is 22.2 Å². The van der Waals surface area contributed by atoms with Gasteiger partial charge in [0, 0.05) is 0 Å². The fourth-order valence-electron chi connectivity index (χ4n) is 1.58. The first-order valence-corrected chi connectivity index (χ1v) is 6.92. The van der Waals surface area contributed by atoms with E-state index in [1.54, 1.807) is 13.8 Å². The molecule has 2 aromatic heterocycles. The first-order chi connectivity index (χ1) is 8.40. The molecule has 8 heteroatoms. The summed E-state index contributed by atoms with van der Waals surface area (Å²) in [6.07, 6.45) is 1.35. The number of nitrogens with one attached hydrogen (secondary N) is 2. The summed E-state index contributed by atoms with van der Waals surface area (Å²) in [6, 6.07) is 3.05. The van der Waals surface area contributed by atoms with Crippen LogP contribution in [0.4, 0.5) is 5.69 Å². The number of aryl methyl sites for hydroxylation is 2. The zero-order valence-corrected chi connectivity index (χ0v) is 11.3. The van der Waals surface area contributed by atoms with E-state index in [2.05, 4.69) is 19.9 Å². The Kier molecular flexibility index (Phi) is 3.27. The van der Waals surface area contributed by atoms with Crippen molar-refractivity contribution in [1.29, 1.82) is 0 Å². The van der Waals surface area contributed by atoms with Gasteiger partial charge in [0.1, 0.15) is 10.0 Å². The van der Waals surface area contributed by atoms with E-state index in [-0.39, 0.29) is 4.90 Å². The highest BCUT2D eigenvalue weighted by molar-refractivity contribution is 7.92. The number of hydrogen-bond acceptors (Lipinski definition) is 4. The van der Waals surface area contributed by atoms with E-state index in [1.165, 1.54) is 18.3 Å². The number of pyridine rings is 1. The maximum Gasteiger partial charge on any atom is 0.265 e. The predicted molar refractivity (Wildman–Crippen MR) is 68.1 cm³/mol. The topological polar surface area (TPSA) is 87.7 Å². The number of rotatable bonds is 3. The third kappa shape index (κ3) is 2.46. The quantitative estimate of drug-likeness (QED) is 0.843. The molecule has 2 rings (SSSR count). The van der Waals surface area contributed by atoms with E-state index < -0.39 is 10.0 Å². The van der Waals surface area contributed by atoms with E-state index in [4.69, 9.17) is 11.6 Å². The van der Waals surface area contributed by atoms with Crippen molar-refractivity contribution in [2.45, 2.75) is 18.7 Å². The van der Waals surface area contributed by atoms with Crippen molar-refractivity contribution in [3.05, 3.63) is 34.9 Å². The second-order valence-corrected chi connectivity index (χ2v) is 5.74. The van der Waals surface area contributed by atoms with Gasteiger partial charge in [0.05, 0.1) is 23.3 Å². The van der Waals surface area contributed by atoms with Gasteiger partial charge in [-0.05, 0) is 26.0 Å². The minimum absolute atomic E-state index is 0.150. The van der Waals surface area contributed by atoms with Crippen molar-refractivity contribution in [1.82, 2.24) is 15.2 Å². The molecule has 0 radical (unpaired) electrons. The highest BCUT2D eigenvalue weighted by Crippen LogP contribution is 2.20. The third-order valence-corrected chi connectivity index (χ3v) is 4.18. The monoisotopic (exact) mass is 286 g/mol. The van der Waals surface area contributed by atoms with Crippen molar-refractivity contribution >= 4 is 27.3 Å². The molecule has 0 unspecified atom stereocenters. The summed E-state index contributed by atoms with van der Waals surface area (Å²) in [7, 11) is -3.67. The molecule has 6 nitrogen and oxygen atoms in total. The van der Waals surface area contributed by atoms with Crippen LogP contribution in [0, 0.1) is 13.8 Å². The average molecular weight is 287 g/mol. The van der Waals surface area contributed by atoms with E-state index in [9.17, 15) is 8.42 Å². The van der Waals surface area contributed by atoms with Crippen LogP contribution < -0.4 is 4.72 Å². The van der Waals surface area contributed by atoms with Crippen LogP contribution in [0.1, 0.15) is 11.4 Å². The number of nitrogens with zero attached hydrogens (tertiary/aromatic N) is 2. The van der Waals surface area contributed by atoms with Gasteiger partial charge in [0.25, 0.3) is 10.0 Å². The predicted octanol–water partition coefficient (Wildman–Crippen LogP) is 1.88. The lowest BCUT2D eigenvalue weighted by Gasteiger charge is -2.07. The number of aromatic amines is 1. The van der Waals surface area contributed by atoms with Crippen LogP contribution in [-0.2, 0) is 10.0 Å². The maximum atomic E-state index is 12.2. The van der Waals surface area contributed by atoms with Crippen molar-refractivity contribution < 1.29 is 8.42 Å². The highest BCUT2D eigenvalue weighted by atomic mass is 35.5. The van der Waals surface area contributed by atoms with Gasteiger partial charge in [0.2, 0.25) is 0 Å². The van der Waals surface area contributed by atoms with E-state index >= 15 is 0 Å². The Morgan fingerprint density at radius 1 is 1.33 bits per heavy atom. The van der Waals surface area contributed by atoms with Gasteiger partial charge in [0.15, 0.2) is 0 Å². The molecule has 0 atom stereocenters. The zero-order valence-electron chi connectivity index (χ0n) is 9.73. The zero-order chi connectivity index (χ0) is 13.3. The van der Waals surface area contributed by atoms with Gasteiger partial charge in [-0.1, -0.05) is 11.6 Å². The SMILES string of the molecule is Cc1n[nH]c(C)c1S(=O)(=O)Nc1ccc(Cl)nc1. The molecule has 0 aliphatic carbocycles. The molecule has 96 valence electrons. The van der Waals surface area contributed by atoms with Gasteiger partial charge in [-0.3, -0.25) is 9.82 Å². The Labute approximate surface area is 109 Å².